The third kappa shape index (κ3) is 1.75. The van der Waals surface area contributed by atoms with E-state index in [9.17, 15) is 4.79 Å². The van der Waals surface area contributed by atoms with Crippen molar-refractivity contribution in [3.8, 4) is 0 Å². The van der Waals surface area contributed by atoms with Gasteiger partial charge in [-0.2, -0.15) is 0 Å². The fourth-order valence-corrected chi connectivity index (χ4v) is 1.66. The Labute approximate surface area is 91.4 Å². The molecule has 76 valence electrons. The molecule has 4 heteroatoms. The molecule has 0 aliphatic heterocycles. The van der Waals surface area contributed by atoms with Crippen LogP contribution in [-0.4, -0.2) is 13.1 Å². The molecule has 2 N–H and O–H groups in total. The maximum Gasteiger partial charge on any atom is 0.338 e. The molecule has 0 saturated heterocycles. The van der Waals surface area contributed by atoms with Gasteiger partial charge in [-0.3, -0.25) is 0 Å². The molecule has 1 aromatic carbocycles. The van der Waals surface area contributed by atoms with E-state index in [2.05, 4.69) is 20.7 Å². The monoisotopic (exact) mass is 257 g/mol. The minimum absolute atomic E-state index is 0.366. The summed E-state index contributed by atoms with van der Waals surface area (Å²) < 4.78 is 5.47. The van der Waals surface area contributed by atoms with Crippen LogP contribution in [0.4, 0.5) is 5.69 Å². The van der Waals surface area contributed by atoms with E-state index in [-0.39, 0.29) is 5.97 Å². The van der Waals surface area contributed by atoms with Crippen LogP contribution in [0.25, 0.3) is 0 Å². The Bertz CT molecular complexity index is 388. The van der Waals surface area contributed by atoms with Gasteiger partial charge in [0, 0.05) is 10.2 Å². The number of nitrogens with two attached hydrogens (primary N) is 1. The van der Waals surface area contributed by atoms with Gasteiger partial charge in [-0.1, -0.05) is 15.9 Å². The highest BCUT2D eigenvalue weighted by Gasteiger charge is 2.14. The van der Waals surface area contributed by atoms with Crippen molar-refractivity contribution < 1.29 is 9.53 Å². The molecule has 0 atom stereocenters. The van der Waals surface area contributed by atoms with Crippen LogP contribution in [0.1, 0.15) is 21.5 Å². The molecule has 0 bridgehead atoms. The third-order valence-corrected chi connectivity index (χ3v) is 3.07. The summed E-state index contributed by atoms with van der Waals surface area (Å²) in [4.78, 5) is 11.4. The summed E-state index contributed by atoms with van der Waals surface area (Å²) in [7, 11) is 1.35. The second-order valence-corrected chi connectivity index (χ2v) is 3.92. The van der Waals surface area contributed by atoms with Gasteiger partial charge in [-0.15, -0.1) is 0 Å². The van der Waals surface area contributed by atoms with E-state index in [0.717, 1.165) is 15.6 Å². The molecule has 14 heavy (non-hydrogen) atoms. The number of halogens is 1. The van der Waals surface area contributed by atoms with Gasteiger partial charge in [0.1, 0.15) is 0 Å². The number of nitrogen functional groups attached to an aromatic ring is 1. The molecule has 0 amide bonds. The number of hydrogen-bond acceptors (Lipinski definition) is 3. The zero-order chi connectivity index (χ0) is 10.9. The number of esters is 1. The lowest BCUT2D eigenvalue weighted by atomic mass is 10.0. The van der Waals surface area contributed by atoms with Gasteiger partial charge in [0.25, 0.3) is 0 Å². The minimum Gasteiger partial charge on any atom is -0.465 e. The van der Waals surface area contributed by atoms with Gasteiger partial charge in [-0.25, -0.2) is 4.79 Å². The lowest BCUT2D eigenvalue weighted by Gasteiger charge is -2.11. The lowest BCUT2D eigenvalue weighted by molar-refractivity contribution is 0.0600. The van der Waals surface area contributed by atoms with E-state index in [4.69, 9.17) is 5.73 Å². The quantitative estimate of drug-likeness (QED) is 0.621. The number of carbonyl (C=O) groups is 1. The fraction of sp³-hybridized carbons (Fsp3) is 0.300. The van der Waals surface area contributed by atoms with Crippen molar-refractivity contribution in [1.29, 1.82) is 0 Å². The summed E-state index contributed by atoms with van der Waals surface area (Å²) >= 11 is 3.34. The van der Waals surface area contributed by atoms with Crippen molar-refractivity contribution in [2.45, 2.75) is 13.8 Å². The van der Waals surface area contributed by atoms with E-state index >= 15 is 0 Å². The second-order valence-electron chi connectivity index (χ2n) is 3.06. The van der Waals surface area contributed by atoms with E-state index in [1.165, 1.54) is 7.11 Å². The summed E-state index contributed by atoms with van der Waals surface area (Å²) in [5, 5.41) is 0. The van der Waals surface area contributed by atoms with Crippen LogP contribution in [-0.2, 0) is 4.74 Å². The molecule has 0 saturated carbocycles. The number of carbonyl (C=O) groups excluding carboxylic acids is 1. The summed E-state index contributed by atoms with van der Waals surface area (Å²) in [5.74, 6) is -0.366. The third-order valence-electron chi connectivity index (χ3n) is 2.25. The molecule has 3 nitrogen and oxygen atoms in total. The summed E-state index contributed by atoms with van der Waals surface area (Å²) in [6.45, 7) is 3.70. The molecule has 0 heterocycles. The van der Waals surface area contributed by atoms with Crippen molar-refractivity contribution in [3.05, 3.63) is 27.2 Å². The standard InChI is InChI=1S/C10H12BrNO2/c1-5-7(10(13)14-3)4-8(11)6(2)9(5)12/h4H,12H2,1-3H3. The van der Waals surface area contributed by atoms with Crippen molar-refractivity contribution in [3.63, 3.8) is 0 Å². The van der Waals surface area contributed by atoms with Crippen LogP contribution >= 0.6 is 15.9 Å². The molecule has 0 aromatic heterocycles. The SMILES string of the molecule is COC(=O)c1cc(Br)c(C)c(N)c1C. The van der Waals surface area contributed by atoms with E-state index in [1.807, 2.05) is 6.92 Å². The molecule has 0 fully saturated rings. The zero-order valence-electron chi connectivity index (χ0n) is 8.35. The number of rotatable bonds is 1. The Hall–Kier alpha value is -1.03. The van der Waals surface area contributed by atoms with Crippen LogP contribution in [0.5, 0.6) is 0 Å². The summed E-state index contributed by atoms with van der Waals surface area (Å²) in [6.07, 6.45) is 0. The van der Waals surface area contributed by atoms with Gasteiger partial charge in [-0.05, 0) is 31.0 Å². The summed E-state index contributed by atoms with van der Waals surface area (Å²) in [6, 6.07) is 1.73. The second kappa shape index (κ2) is 4.00. The van der Waals surface area contributed by atoms with E-state index in [1.54, 1.807) is 13.0 Å². The molecular formula is C10H12BrNO2. The first-order valence-electron chi connectivity index (χ1n) is 4.12. The zero-order valence-corrected chi connectivity index (χ0v) is 9.94. The predicted molar refractivity (Wildman–Crippen MR) is 59.4 cm³/mol. The van der Waals surface area contributed by atoms with Crippen molar-refractivity contribution >= 4 is 27.6 Å². The smallest absolute Gasteiger partial charge is 0.338 e. The first-order chi connectivity index (χ1) is 6.49. The molecule has 0 aliphatic rings. The van der Waals surface area contributed by atoms with Gasteiger partial charge in [0.15, 0.2) is 0 Å². The molecule has 0 aliphatic carbocycles. The first-order valence-corrected chi connectivity index (χ1v) is 4.91. The van der Waals surface area contributed by atoms with Crippen LogP contribution < -0.4 is 5.73 Å². The highest BCUT2D eigenvalue weighted by Crippen LogP contribution is 2.28. The Balaban J connectivity index is 3.40. The molecule has 0 unspecified atom stereocenters. The average Bonchev–Trinajstić information content (AvgIpc) is 2.19. The minimum atomic E-state index is -0.366. The van der Waals surface area contributed by atoms with Crippen molar-refractivity contribution in [2.75, 3.05) is 12.8 Å². The summed E-state index contributed by atoms with van der Waals surface area (Å²) in [5.41, 5.74) is 8.67. The topological polar surface area (TPSA) is 52.3 Å². The number of benzene rings is 1. The van der Waals surface area contributed by atoms with E-state index in [0.29, 0.717) is 11.3 Å². The highest BCUT2D eigenvalue weighted by atomic mass is 79.9. The molecule has 0 spiro atoms. The fourth-order valence-electron chi connectivity index (χ4n) is 1.22. The Morgan fingerprint density at radius 2 is 2.00 bits per heavy atom. The van der Waals surface area contributed by atoms with Gasteiger partial charge < -0.3 is 10.5 Å². The van der Waals surface area contributed by atoms with Crippen molar-refractivity contribution in [2.24, 2.45) is 0 Å². The largest absolute Gasteiger partial charge is 0.465 e. The Morgan fingerprint density at radius 3 is 2.50 bits per heavy atom. The van der Waals surface area contributed by atoms with Gasteiger partial charge in [0.2, 0.25) is 0 Å². The first kappa shape index (κ1) is 11.0. The van der Waals surface area contributed by atoms with E-state index < -0.39 is 0 Å². The molecule has 1 aromatic rings. The molecule has 1 rings (SSSR count). The maximum atomic E-state index is 11.4. The normalized spacial score (nSPS) is 10.0. The number of hydrogen-bond donors (Lipinski definition) is 1. The van der Waals surface area contributed by atoms with Crippen LogP contribution in [0, 0.1) is 13.8 Å². The van der Waals surface area contributed by atoms with Gasteiger partial charge >= 0.3 is 5.97 Å². The molecular weight excluding hydrogens is 246 g/mol. The van der Waals surface area contributed by atoms with Crippen molar-refractivity contribution in [1.82, 2.24) is 0 Å². The number of anilines is 1. The average molecular weight is 258 g/mol. The highest BCUT2D eigenvalue weighted by molar-refractivity contribution is 9.10. The Morgan fingerprint density at radius 1 is 1.43 bits per heavy atom. The maximum absolute atomic E-state index is 11.4. The van der Waals surface area contributed by atoms with Crippen LogP contribution in [0.3, 0.4) is 0 Å². The van der Waals surface area contributed by atoms with Crippen LogP contribution in [0.15, 0.2) is 10.5 Å². The number of methoxy groups -OCH3 is 1. The Kier molecular flexibility index (Phi) is 3.16. The predicted octanol–water partition coefficient (Wildman–Crippen LogP) is 2.43. The number of ether oxygens (including phenoxy) is 1. The molecule has 0 radical (unpaired) electrons. The lowest BCUT2D eigenvalue weighted by Crippen LogP contribution is -2.07. The van der Waals surface area contributed by atoms with Gasteiger partial charge in [0.05, 0.1) is 12.7 Å². The van der Waals surface area contributed by atoms with Crippen LogP contribution in [0.2, 0.25) is 0 Å².